The fraction of sp³-hybridized carbons (Fsp3) is 0.381. The maximum atomic E-state index is 13.2. The topological polar surface area (TPSA) is 35.6 Å². The van der Waals surface area contributed by atoms with Crippen LogP contribution in [-0.4, -0.2) is 43.5 Å². The molecule has 0 aliphatic carbocycles. The smallest absolute Gasteiger partial charge is 0.369 e. The number of aryl methyl sites for hydroxylation is 1. The quantitative estimate of drug-likeness (QED) is 0.768. The van der Waals surface area contributed by atoms with Gasteiger partial charge in [-0.25, -0.2) is 0 Å². The van der Waals surface area contributed by atoms with Crippen LogP contribution in [0, 0.1) is 13.8 Å². The van der Waals surface area contributed by atoms with E-state index in [9.17, 15) is 18.0 Å². The van der Waals surface area contributed by atoms with Crippen LogP contribution >= 0.6 is 11.6 Å². The molecule has 4 nitrogen and oxygen atoms in total. The first kappa shape index (κ1) is 21.5. The fourth-order valence-corrected chi connectivity index (χ4v) is 3.65. The number of hydrogen-bond donors (Lipinski definition) is 1. The Kier molecular flexibility index (Phi) is 6.39. The number of amides is 1. The average Bonchev–Trinajstić information content (AvgIpc) is 2.65. The molecule has 0 spiro atoms. The fourth-order valence-electron chi connectivity index (χ4n) is 3.48. The standard InChI is InChI=1S/C21H23ClF3N3O/c1-14-4-3-5-19(15(14)2)28-10-8-27(9-11-28)13-20(29)26-18-7-6-16(22)12-17(18)21(23,24)25/h3-7,12H,8-11,13H2,1-2H3,(H,26,29). The maximum absolute atomic E-state index is 13.2. The second kappa shape index (κ2) is 8.63. The van der Waals surface area contributed by atoms with E-state index in [4.69, 9.17) is 11.6 Å². The zero-order chi connectivity index (χ0) is 21.2. The van der Waals surface area contributed by atoms with E-state index in [1.807, 2.05) is 11.0 Å². The van der Waals surface area contributed by atoms with Crippen LogP contribution in [-0.2, 0) is 11.0 Å². The summed E-state index contributed by atoms with van der Waals surface area (Å²) in [6.07, 6.45) is -4.59. The minimum absolute atomic E-state index is 0.0297. The lowest BCUT2D eigenvalue weighted by molar-refractivity contribution is -0.137. The average molecular weight is 426 g/mol. The van der Waals surface area contributed by atoms with Crippen LogP contribution in [0.1, 0.15) is 16.7 Å². The van der Waals surface area contributed by atoms with Crippen LogP contribution in [0.25, 0.3) is 0 Å². The number of anilines is 2. The number of hydrogen-bond acceptors (Lipinski definition) is 3. The van der Waals surface area contributed by atoms with Crippen molar-refractivity contribution in [2.24, 2.45) is 0 Å². The molecule has 1 N–H and O–H groups in total. The molecule has 0 aromatic heterocycles. The number of nitrogens with one attached hydrogen (secondary N) is 1. The molecule has 1 heterocycles. The van der Waals surface area contributed by atoms with Crippen molar-refractivity contribution >= 4 is 28.9 Å². The maximum Gasteiger partial charge on any atom is 0.418 e. The summed E-state index contributed by atoms with van der Waals surface area (Å²) in [6.45, 7) is 7.04. The third-order valence-electron chi connectivity index (χ3n) is 5.22. The Morgan fingerprint density at radius 3 is 2.45 bits per heavy atom. The third kappa shape index (κ3) is 5.22. The van der Waals surface area contributed by atoms with Crippen LogP contribution in [0.15, 0.2) is 36.4 Å². The van der Waals surface area contributed by atoms with Crippen LogP contribution < -0.4 is 10.2 Å². The van der Waals surface area contributed by atoms with Crippen LogP contribution in [0.3, 0.4) is 0 Å². The largest absolute Gasteiger partial charge is 0.418 e. The Labute approximate surface area is 173 Å². The van der Waals surface area contributed by atoms with Crippen molar-refractivity contribution in [3.05, 3.63) is 58.1 Å². The van der Waals surface area contributed by atoms with Gasteiger partial charge in [0.25, 0.3) is 0 Å². The number of rotatable bonds is 4. The SMILES string of the molecule is Cc1cccc(N2CCN(CC(=O)Nc3ccc(Cl)cc3C(F)(F)F)CC2)c1C. The lowest BCUT2D eigenvalue weighted by atomic mass is 10.1. The minimum atomic E-state index is -4.59. The van der Waals surface area contributed by atoms with Crippen molar-refractivity contribution in [3.8, 4) is 0 Å². The molecule has 8 heteroatoms. The first-order valence-corrected chi connectivity index (χ1v) is 9.73. The highest BCUT2D eigenvalue weighted by Gasteiger charge is 2.34. The van der Waals surface area contributed by atoms with Gasteiger partial charge in [0.1, 0.15) is 0 Å². The lowest BCUT2D eigenvalue weighted by Gasteiger charge is -2.36. The van der Waals surface area contributed by atoms with Crippen molar-refractivity contribution in [1.82, 2.24) is 4.90 Å². The Morgan fingerprint density at radius 2 is 1.79 bits per heavy atom. The molecule has 1 aliphatic heterocycles. The summed E-state index contributed by atoms with van der Waals surface area (Å²) in [5.74, 6) is -0.474. The van der Waals surface area contributed by atoms with Gasteiger partial charge < -0.3 is 10.2 Å². The number of piperazine rings is 1. The first-order valence-electron chi connectivity index (χ1n) is 9.35. The molecule has 1 amide bonds. The molecule has 0 radical (unpaired) electrons. The number of alkyl halides is 3. The molecule has 156 valence electrons. The van der Waals surface area contributed by atoms with Gasteiger partial charge in [0.2, 0.25) is 5.91 Å². The van der Waals surface area contributed by atoms with E-state index in [1.54, 1.807) is 0 Å². The van der Waals surface area contributed by atoms with E-state index >= 15 is 0 Å². The zero-order valence-corrected chi connectivity index (χ0v) is 17.1. The number of carbonyl (C=O) groups is 1. The van der Waals surface area contributed by atoms with Crippen LogP contribution in [0.2, 0.25) is 5.02 Å². The summed E-state index contributed by atoms with van der Waals surface area (Å²) >= 11 is 5.67. The first-order chi connectivity index (χ1) is 13.6. The van der Waals surface area contributed by atoms with Crippen molar-refractivity contribution in [3.63, 3.8) is 0 Å². The minimum Gasteiger partial charge on any atom is -0.369 e. The van der Waals surface area contributed by atoms with Gasteiger partial charge >= 0.3 is 6.18 Å². The van der Waals surface area contributed by atoms with E-state index in [0.29, 0.717) is 13.1 Å². The molecule has 1 aliphatic rings. The van der Waals surface area contributed by atoms with Gasteiger partial charge in [-0.05, 0) is 49.2 Å². The monoisotopic (exact) mass is 425 g/mol. The molecule has 0 bridgehead atoms. The van der Waals surface area contributed by atoms with E-state index in [0.717, 1.165) is 19.2 Å². The van der Waals surface area contributed by atoms with Crippen molar-refractivity contribution in [2.75, 3.05) is 42.9 Å². The van der Waals surface area contributed by atoms with Gasteiger partial charge in [-0.2, -0.15) is 13.2 Å². The highest BCUT2D eigenvalue weighted by molar-refractivity contribution is 6.30. The van der Waals surface area contributed by atoms with Gasteiger partial charge in [0.15, 0.2) is 0 Å². The van der Waals surface area contributed by atoms with Crippen LogP contribution in [0.5, 0.6) is 0 Å². The van der Waals surface area contributed by atoms with Gasteiger partial charge in [-0.3, -0.25) is 9.69 Å². The summed E-state index contributed by atoms with van der Waals surface area (Å²) in [5, 5.41) is 2.35. The predicted molar refractivity (Wildman–Crippen MR) is 110 cm³/mol. The molecule has 2 aromatic rings. The zero-order valence-electron chi connectivity index (χ0n) is 16.3. The van der Waals surface area contributed by atoms with E-state index in [1.165, 1.54) is 28.9 Å². The van der Waals surface area contributed by atoms with Crippen molar-refractivity contribution in [1.29, 1.82) is 0 Å². The molecule has 2 aromatic carbocycles. The van der Waals surface area contributed by atoms with Gasteiger partial charge in [-0.1, -0.05) is 23.7 Å². The Hall–Kier alpha value is -2.25. The predicted octanol–water partition coefficient (Wildman–Crippen LogP) is 4.74. The van der Waals surface area contributed by atoms with Gasteiger partial charge in [0, 0.05) is 36.9 Å². The molecule has 1 fully saturated rings. The second-order valence-electron chi connectivity index (χ2n) is 7.22. The Morgan fingerprint density at radius 1 is 1.10 bits per heavy atom. The molecular formula is C21H23ClF3N3O. The van der Waals surface area contributed by atoms with Gasteiger partial charge in [0.05, 0.1) is 17.8 Å². The molecule has 3 rings (SSSR count). The molecule has 0 atom stereocenters. The molecule has 1 saturated heterocycles. The third-order valence-corrected chi connectivity index (χ3v) is 5.45. The van der Waals surface area contributed by atoms with Crippen LogP contribution in [0.4, 0.5) is 24.5 Å². The summed E-state index contributed by atoms with van der Waals surface area (Å²) in [6, 6.07) is 9.52. The lowest BCUT2D eigenvalue weighted by Crippen LogP contribution is -2.49. The van der Waals surface area contributed by atoms with E-state index in [-0.39, 0.29) is 17.3 Å². The molecule has 0 saturated carbocycles. The highest BCUT2D eigenvalue weighted by Crippen LogP contribution is 2.36. The Bertz CT molecular complexity index is 893. The summed E-state index contributed by atoms with van der Waals surface area (Å²) in [4.78, 5) is 16.5. The van der Waals surface area contributed by atoms with E-state index in [2.05, 4.69) is 36.2 Å². The molecule has 29 heavy (non-hydrogen) atoms. The highest BCUT2D eigenvalue weighted by atomic mass is 35.5. The van der Waals surface area contributed by atoms with Gasteiger partial charge in [-0.15, -0.1) is 0 Å². The van der Waals surface area contributed by atoms with Crippen molar-refractivity contribution in [2.45, 2.75) is 20.0 Å². The summed E-state index contributed by atoms with van der Waals surface area (Å²) in [5.41, 5.74) is 2.43. The Balaban J connectivity index is 1.59. The molecule has 0 unspecified atom stereocenters. The molecular weight excluding hydrogens is 403 g/mol. The summed E-state index contributed by atoms with van der Waals surface area (Å²) in [7, 11) is 0. The number of benzene rings is 2. The number of nitrogens with zero attached hydrogens (tertiary/aromatic N) is 2. The number of carbonyl (C=O) groups excluding carboxylic acids is 1. The number of halogens is 4. The van der Waals surface area contributed by atoms with E-state index < -0.39 is 17.6 Å². The van der Waals surface area contributed by atoms with Crippen molar-refractivity contribution < 1.29 is 18.0 Å². The summed E-state index contributed by atoms with van der Waals surface area (Å²) < 4.78 is 39.5. The normalized spacial score (nSPS) is 15.4. The second-order valence-corrected chi connectivity index (χ2v) is 7.65.